The molecule has 0 heterocycles. The number of para-hydroxylation sites is 1. The summed E-state index contributed by atoms with van der Waals surface area (Å²) >= 11 is 0. The Morgan fingerprint density at radius 1 is 0.889 bits per heavy atom. The Labute approximate surface area is 108 Å². The van der Waals surface area contributed by atoms with Crippen LogP contribution in [0.4, 0.5) is 17.1 Å². The molecule has 18 heavy (non-hydrogen) atoms. The minimum absolute atomic E-state index is 0.951. The summed E-state index contributed by atoms with van der Waals surface area (Å²) in [4.78, 5) is 4.30. The van der Waals surface area contributed by atoms with Gasteiger partial charge in [-0.05, 0) is 49.4 Å². The molecule has 0 atom stereocenters. The highest BCUT2D eigenvalue weighted by atomic mass is 14.9. The quantitative estimate of drug-likeness (QED) is 0.764. The fourth-order valence-corrected chi connectivity index (χ4v) is 1.53. The van der Waals surface area contributed by atoms with Crippen molar-refractivity contribution in [1.82, 2.24) is 0 Å². The Morgan fingerprint density at radius 2 is 1.56 bits per heavy atom. The molecule has 0 saturated heterocycles. The first-order valence-electron chi connectivity index (χ1n) is 5.96. The van der Waals surface area contributed by atoms with Crippen LogP contribution in [0.1, 0.15) is 6.92 Å². The second-order valence-electron chi connectivity index (χ2n) is 3.84. The van der Waals surface area contributed by atoms with Crippen LogP contribution in [-0.4, -0.2) is 6.21 Å². The number of allylic oxidation sites excluding steroid dienone is 2. The molecule has 0 aliphatic rings. The van der Waals surface area contributed by atoms with E-state index in [1.807, 2.05) is 73.7 Å². The van der Waals surface area contributed by atoms with Gasteiger partial charge in [-0.1, -0.05) is 24.3 Å². The van der Waals surface area contributed by atoms with Crippen LogP contribution in [0, 0.1) is 0 Å². The molecule has 0 radical (unpaired) electrons. The molecule has 0 aromatic heterocycles. The molecular weight excluding hydrogens is 220 g/mol. The third kappa shape index (κ3) is 3.59. The summed E-state index contributed by atoms with van der Waals surface area (Å²) in [5.41, 5.74) is 3.10. The van der Waals surface area contributed by atoms with Gasteiger partial charge in [0.25, 0.3) is 0 Å². The molecule has 0 aliphatic heterocycles. The maximum atomic E-state index is 4.30. The van der Waals surface area contributed by atoms with E-state index in [1.54, 1.807) is 6.21 Å². The first-order chi connectivity index (χ1) is 8.88. The molecule has 0 bridgehead atoms. The van der Waals surface area contributed by atoms with E-state index in [2.05, 4.69) is 10.3 Å². The normalized spacial score (nSPS) is 11.2. The van der Waals surface area contributed by atoms with Gasteiger partial charge in [0.15, 0.2) is 0 Å². The van der Waals surface area contributed by atoms with Crippen molar-refractivity contribution < 1.29 is 0 Å². The lowest BCUT2D eigenvalue weighted by Crippen LogP contribution is -1.88. The van der Waals surface area contributed by atoms with Crippen LogP contribution < -0.4 is 5.32 Å². The summed E-state index contributed by atoms with van der Waals surface area (Å²) in [5.74, 6) is 0. The van der Waals surface area contributed by atoms with E-state index >= 15 is 0 Å². The van der Waals surface area contributed by atoms with Gasteiger partial charge in [0.2, 0.25) is 0 Å². The lowest BCUT2D eigenvalue weighted by atomic mass is 10.2. The molecule has 90 valence electrons. The second-order valence-corrected chi connectivity index (χ2v) is 3.84. The Bertz CT molecular complexity index is 525. The first kappa shape index (κ1) is 12.1. The zero-order chi connectivity index (χ0) is 12.6. The van der Waals surface area contributed by atoms with E-state index in [0.717, 1.165) is 17.1 Å². The third-order valence-corrected chi connectivity index (χ3v) is 2.43. The van der Waals surface area contributed by atoms with Gasteiger partial charge in [0, 0.05) is 17.6 Å². The van der Waals surface area contributed by atoms with E-state index in [9.17, 15) is 0 Å². The molecule has 2 aromatic rings. The Hall–Kier alpha value is -2.35. The monoisotopic (exact) mass is 236 g/mol. The summed E-state index contributed by atoms with van der Waals surface area (Å²) in [6.07, 6.45) is 5.66. The average molecular weight is 236 g/mol. The minimum Gasteiger partial charge on any atom is -0.356 e. The average Bonchev–Trinajstić information content (AvgIpc) is 2.42. The zero-order valence-electron chi connectivity index (χ0n) is 10.4. The molecule has 0 amide bonds. The Kier molecular flexibility index (Phi) is 4.31. The van der Waals surface area contributed by atoms with Crippen LogP contribution in [0.15, 0.2) is 71.7 Å². The van der Waals surface area contributed by atoms with Crippen LogP contribution in [-0.2, 0) is 0 Å². The number of nitrogens with zero attached hydrogens (tertiary/aromatic N) is 1. The van der Waals surface area contributed by atoms with Crippen molar-refractivity contribution >= 4 is 23.3 Å². The predicted molar refractivity (Wildman–Crippen MR) is 79.1 cm³/mol. The summed E-state index contributed by atoms with van der Waals surface area (Å²) in [6, 6.07) is 18.1. The minimum atomic E-state index is 0.951. The van der Waals surface area contributed by atoms with Crippen molar-refractivity contribution in [3.8, 4) is 0 Å². The number of hydrogen-bond donors (Lipinski definition) is 1. The van der Waals surface area contributed by atoms with Gasteiger partial charge in [-0.3, -0.25) is 4.99 Å². The molecule has 2 nitrogen and oxygen atoms in total. The van der Waals surface area contributed by atoms with E-state index < -0.39 is 0 Å². The molecular formula is C16H16N2. The summed E-state index contributed by atoms with van der Waals surface area (Å²) < 4.78 is 0. The third-order valence-electron chi connectivity index (χ3n) is 2.43. The Balaban J connectivity index is 2.04. The molecule has 0 spiro atoms. The number of nitrogens with one attached hydrogen (secondary N) is 1. The number of benzene rings is 2. The highest BCUT2D eigenvalue weighted by molar-refractivity contribution is 5.74. The van der Waals surface area contributed by atoms with Crippen molar-refractivity contribution in [2.24, 2.45) is 4.99 Å². The van der Waals surface area contributed by atoms with Crippen molar-refractivity contribution in [2.75, 3.05) is 5.32 Å². The molecule has 0 unspecified atom stereocenters. The molecule has 2 rings (SSSR count). The van der Waals surface area contributed by atoms with Crippen molar-refractivity contribution in [3.05, 3.63) is 66.7 Å². The van der Waals surface area contributed by atoms with Gasteiger partial charge in [-0.2, -0.15) is 0 Å². The molecule has 2 aromatic carbocycles. The van der Waals surface area contributed by atoms with E-state index in [-0.39, 0.29) is 0 Å². The maximum Gasteiger partial charge on any atom is 0.0631 e. The summed E-state index contributed by atoms with van der Waals surface area (Å²) in [5, 5.41) is 3.33. The fraction of sp³-hybridized carbons (Fsp3) is 0.0625. The highest BCUT2D eigenvalue weighted by Gasteiger charge is 1.93. The first-order valence-corrected chi connectivity index (χ1v) is 5.96. The van der Waals surface area contributed by atoms with Crippen LogP contribution >= 0.6 is 0 Å². The predicted octanol–water partition coefficient (Wildman–Crippen LogP) is 4.71. The van der Waals surface area contributed by atoms with E-state index in [0.29, 0.717) is 0 Å². The van der Waals surface area contributed by atoms with Crippen molar-refractivity contribution in [1.29, 1.82) is 0 Å². The molecule has 1 N–H and O–H groups in total. The number of anilines is 2. The lowest BCUT2D eigenvalue weighted by Gasteiger charge is -2.05. The van der Waals surface area contributed by atoms with Gasteiger partial charge in [0.05, 0.1) is 5.69 Å². The van der Waals surface area contributed by atoms with Gasteiger partial charge in [-0.15, -0.1) is 0 Å². The van der Waals surface area contributed by atoms with E-state index in [1.165, 1.54) is 0 Å². The number of rotatable bonds is 4. The van der Waals surface area contributed by atoms with Crippen LogP contribution in [0.3, 0.4) is 0 Å². The zero-order valence-corrected chi connectivity index (χ0v) is 10.4. The molecule has 0 fully saturated rings. The number of aliphatic imine (C=N–C) groups is 1. The number of hydrogen-bond acceptors (Lipinski definition) is 2. The maximum absolute atomic E-state index is 4.30. The van der Waals surface area contributed by atoms with Crippen LogP contribution in [0.2, 0.25) is 0 Å². The molecule has 2 heteroatoms. The summed E-state index contributed by atoms with van der Waals surface area (Å²) in [6.45, 7) is 1.97. The van der Waals surface area contributed by atoms with Crippen molar-refractivity contribution in [3.63, 3.8) is 0 Å². The topological polar surface area (TPSA) is 24.4 Å². The summed E-state index contributed by atoms with van der Waals surface area (Å²) in [7, 11) is 0. The second kappa shape index (κ2) is 6.40. The van der Waals surface area contributed by atoms with Gasteiger partial charge in [-0.25, -0.2) is 0 Å². The van der Waals surface area contributed by atoms with Gasteiger partial charge >= 0.3 is 0 Å². The Morgan fingerprint density at radius 3 is 2.22 bits per heavy atom. The van der Waals surface area contributed by atoms with Crippen LogP contribution in [0.25, 0.3) is 0 Å². The van der Waals surface area contributed by atoms with Gasteiger partial charge < -0.3 is 5.32 Å². The van der Waals surface area contributed by atoms with Crippen LogP contribution in [0.5, 0.6) is 0 Å². The SMILES string of the molecule is C/C=C\C=Nc1ccc(Nc2ccccc2)cc1. The fourth-order valence-electron chi connectivity index (χ4n) is 1.53. The van der Waals surface area contributed by atoms with Gasteiger partial charge in [0.1, 0.15) is 0 Å². The highest BCUT2D eigenvalue weighted by Crippen LogP contribution is 2.19. The lowest BCUT2D eigenvalue weighted by molar-refractivity contribution is 1.50. The largest absolute Gasteiger partial charge is 0.356 e. The molecule has 0 saturated carbocycles. The standard InChI is InChI=1S/C16H16N2/c1-2-3-13-17-14-9-11-16(12-10-14)18-15-7-5-4-6-8-15/h2-13,18H,1H3/b3-2-,17-13?. The molecule has 0 aliphatic carbocycles. The van der Waals surface area contributed by atoms with E-state index in [4.69, 9.17) is 0 Å². The smallest absolute Gasteiger partial charge is 0.0631 e. The van der Waals surface area contributed by atoms with Crippen molar-refractivity contribution in [2.45, 2.75) is 6.92 Å².